The lowest BCUT2D eigenvalue weighted by molar-refractivity contribution is -0.130. The van der Waals surface area contributed by atoms with Crippen LogP contribution in [0, 0.1) is 0 Å². The van der Waals surface area contributed by atoms with Crippen molar-refractivity contribution < 1.29 is 9.53 Å². The fourth-order valence-electron chi connectivity index (χ4n) is 3.41. The summed E-state index contributed by atoms with van der Waals surface area (Å²) in [4.78, 5) is 14.8. The zero-order valence-corrected chi connectivity index (χ0v) is 13.6. The van der Waals surface area contributed by atoms with Crippen LogP contribution in [0.4, 0.5) is 0 Å². The number of ether oxygens (including phenoxy) is 1. The normalized spacial score (nSPS) is 23.3. The number of carbonyl (C=O) groups is 1. The zero-order valence-electron chi connectivity index (χ0n) is 12.0. The van der Waals surface area contributed by atoms with E-state index < -0.39 is 0 Å². The molecule has 1 amide bonds. The quantitative estimate of drug-likeness (QED) is 0.823. The van der Waals surface area contributed by atoms with Crippen LogP contribution in [0.25, 0.3) is 0 Å². The molecule has 0 N–H and O–H groups in total. The molecule has 2 aliphatic rings. The summed E-state index contributed by atoms with van der Waals surface area (Å²) in [6.45, 7) is 1.90. The summed E-state index contributed by atoms with van der Waals surface area (Å²) in [5.41, 5.74) is 3.38. The Labute approximate surface area is 138 Å². The molecule has 0 radical (unpaired) electrons. The number of rotatable bonds is 2. The highest BCUT2D eigenvalue weighted by molar-refractivity contribution is 9.10. The number of amides is 1. The highest BCUT2D eigenvalue weighted by Crippen LogP contribution is 2.40. The smallest absolute Gasteiger partial charge is 0.233 e. The highest BCUT2D eigenvalue weighted by Gasteiger charge is 2.45. The molecule has 0 spiro atoms. The minimum absolute atomic E-state index is 0.0296. The molecule has 0 saturated carbocycles. The Bertz CT molecular complexity index is 716. The zero-order chi connectivity index (χ0) is 15.1. The van der Waals surface area contributed by atoms with Crippen LogP contribution < -0.4 is 0 Å². The molecule has 0 aromatic heterocycles. The number of carbonyl (C=O) groups excluding carboxylic acids is 1. The van der Waals surface area contributed by atoms with Crippen LogP contribution in [0.15, 0.2) is 53.0 Å². The van der Waals surface area contributed by atoms with Gasteiger partial charge in [0.2, 0.25) is 5.91 Å². The summed E-state index contributed by atoms with van der Waals surface area (Å²) in [5, 5.41) is 0. The van der Waals surface area contributed by atoms with Crippen molar-refractivity contribution in [1.82, 2.24) is 4.90 Å². The molecule has 22 heavy (non-hydrogen) atoms. The number of likely N-dealkylation sites (tertiary alicyclic amines) is 1. The van der Waals surface area contributed by atoms with E-state index in [1.807, 2.05) is 35.2 Å². The molecule has 2 aromatic carbocycles. The van der Waals surface area contributed by atoms with E-state index in [9.17, 15) is 4.79 Å². The minimum Gasteiger partial charge on any atom is -0.370 e. The molecule has 2 aliphatic heterocycles. The minimum atomic E-state index is -0.162. The van der Waals surface area contributed by atoms with Gasteiger partial charge in [-0.25, -0.2) is 0 Å². The van der Waals surface area contributed by atoms with Crippen LogP contribution in [-0.4, -0.2) is 23.5 Å². The fraction of sp³-hybridized carbons (Fsp3) is 0.278. The second-order valence-corrected chi connectivity index (χ2v) is 6.69. The molecule has 1 fully saturated rings. The molecule has 2 unspecified atom stereocenters. The van der Waals surface area contributed by atoms with Gasteiger partial charge >= 0.3 is 0 Å². The van der Waals surface area contributed by atoms with Crippen molar-refractivity contribution in [2.75, 3.05) is 6.54 Å². The maximum atomic E-state index is 12.8. The van der Waals surface area contributed by atoms with Crippen molar-refractivity contribution in [2.45, 2.75) is 25.2 Å². The molecule has 0 bridgehead atoms. The van der Waals surface area contributed by atoms with Gasteiger partial charge in [-0.2, -0.15) is 0 Å². The van der Waals surface area contributed by atoms with Crippen LogP contribution in [0.1, 0.15) is 22.6 Å². The van der Waals surface area contributed by atoms with Gasteiger partial charge in [0.05, 0.1) is 18.6 Å². The topological polar surface area (TPSA) is 29.5 Å². The number of hydrogen-bond acceptors (Lipinski definition) is 2. The molecule has 2 heterocycles. The van der Waals surface area contributed by atoms with Gasteiger partial charge in [-0.1, -0.05) is 58.4 Å². The second kappa shape index (κ2) is 5.52. The summed E-state index contributed by atoms with van der Waals surface area (Å²) >= 11 is 3.56. The average Bonchev–Trinajstić information content (AvgIpc) is 2.85. The lowest BCUT2D eigenvalue weighted by Gasteiger charge is -2.27. The molecule has 3 nitrogen and oxygen atoms in total. The third-order valence-electron chi connectivity index (χ3n) is 4.50. The Morgan fingerprint density at radius 1 is 1.14 bits per heavy atom. The summed E-state index contributed by atoms with van der Waals surface area (Å²) < 4.78 is 6.98. The monoisotopic (exact) mass is 357 g/mol. The number of halogens is 1. The average molecular weight is 358 g/mol. The van der Waals surface area contributed by atoms with Crippen molar-refractivity contribution >= 4 is 21.8 Å². The van der Waals surface area contributed by atoms with Crippen molar-refractivity contribution in [3.05, 3.63) is 69.7 Å². The first-order chi connectivity index (χ1) is 10.7. The van der Waals surface area contributed by atoms with Gasteiger partial charge in [0, 0.05) is 17.6 Å². The Balaban J connectivity index is 1.63. The van der Waals surface area contributed by atoms with Gasteiger partial charge in [-0.05, 0) is 22.8 Å². The largest absolute Gasteiger partial charge is 0.370 e. The van der Waals surface area contributed by atoms with E-state index in [2.05, 4.69) is 34.1 Å². The predicted molar refractivity (Wildman–Crippen MR) is 87.3 cm³/mol. The third kappa shape index (κ3) is 2.27. The van der Waals surface area contributed by atoms with E-state index in [0.717, 1.165) is 21.2 Å². The summed E-state index contributed by atoms with van der Waals surface area (Å²) in [5.74, 6) is 0.0119. The van der Waals surface area contributed by atoms with E-state index in [-0.39, 0.29) is 17.9 Å². The van der Waals surface area contributed by atoms with Gasteiger partial charge in [0.1, 0.15) is 0 Å². The Kier molecular flexibility index (Phi) is 3.51. The maximum absolute atomic E-state index is 12.8. The van der Waals surface area contributed by atoms with Crippen molar-refractivity contribution in [1.29, 1.82) is 0 Å². The molecule has 2 atom stereocenters. The van der Waals surface area contributed by atoms with Crippen molar-refractivity contribution in [2.24, 2.45) is 0 Å². The van der Waals surface area contributed by atoms with E-state index >= 15 is 0 Å². The van der Waals surface area contributed by atoms with Crippen molar-refractivity contribution in [3.8, 4) is 0 Å². The first-order valence-corrected chi connectivity index (χ1v) is 8.25. The molecule has 4 heteroatoms. The van der Waals surface area contributed by atoms with Gasteiger partial charge in [-0.15, -0.1) is 0 Å². The number of benzene rings is 2. The Hall–Kier alpha value is -1.65. The highest BCUT2D eigenvalue weighted by atomic mass is 79.9. The molecule has 112 valence electrons. The van der Waals surface area contributed by atoms with E-state index in [1.165, 1.54) is 0 Å². The van der Waals surface area contributed by atoms with Gasteiger partial charge in [0.15, 0.2) is 0 Å². The van der Waals surface area contributed by atoms with Crippen LogP contribution >= 0.6 is 15.9 Å². The van der Waals surface area contributed by atoms with Crippen molar-refractivity contribution in [3.63, 3.8) is 0 Å². The number of fused-ring (bicyclic) bond motifs is 3. The van der Waals surface area contributed by atoms with Crippen LogP contribution in [0.2, 0.25) is 0 Å². The number of nitrogens with zero attached hydrogens (tertiary/aromatic N) is 1. The van der Waals surface area contributed by atoms with Gasteiger partial charge < -0.3 is 9.64 Å². The summed E-state index contributed by atoms with van der Waals surface area (Å²) in [7, 11) is 0. The van der Waals surface area contributed by atoms with Gasteiger partial charge in [0.25, 0.3) is 0 Å². The molecule has 1 saturated heterocycles. The predicted octanol–water partition coefficient (Wildman–Crippen LogP) is 3.47. The third-order valence-corrected chi connectivity index (χ3v) is 5.24. The molecule has 4 rings (SSSR count). The fourth-order valence-corrected chi connectivity index (χ4v) is 3.90. The molecule has 0 aliphatic carbocycles. The first-order valence-electron chi connectivity index (χ1n) is 7.45. The van der Waals surface area contributed by atoms with Gasteiger partial charge in [-0.3, -0.25) is 4.79 Å². The van der Waals surface area contributed by atoms with E-state index in [1.54, 1.807) is 0 Å². The number of hydrogen-bond donors (Lipinski definition) is 0. The second-order valence-electron chi connectivity index (χ2n) is 5.84. The molecular formula is C18H16BrNO2. The Morgan fingerprint density at radius 2 is 1.95 bits per heavy atom. The first kappa shape index (κ1) is 14.0. The molecular weight excluding hydrogens is 342 g/mol. The van der Waals surface area contributed by atoms with Crippen LogP contribution in [0.3, 0.4) is 0 Å². The summed E-state index contributed by atoms with van der Waals surface area (Å²) in [6.07, 6.45) is -0.0296. The van der Waals surface area contributed by atoms with Crippen LogP contribution in [0.5, 0.6) is 0 Å². The molecule has 2 aromatic rings. The lowest BCUT2D eigenvalue weighted by Crippen LogP contribution is -2.28. The lowest BCUT2D eigenvalue weighted by atomic mass is 9.89. The van der Waals surface area contributed by atoms with Crippen LogP contribution in [-0.2, 0) is 22.7 Å². The SMILES string of the molecule is O=C1C2c3cccc(Br)c3COC2CN1Cc1ccccc1. The summed E-state index contributed by atoms with van der Waals surface area (Å²) in [6, 6.07) is 16.2. The van der Waals surface area contributed by atoms with E-state index in [4.69, 9.17) is 4.74 Å². The maximum Gasteiger partial charge on any atom is 0.233 e. The standard InChI is InChI=1S/C18H16BrNO2/c19-15-8-4-7-13-14(15)11-22-16-10-20(18(21)17(13)16)9-12-5-2-1-3-6-12/h1-8,16-17H,9-11H2. The van der Waals surface area contributed by atoms with E-state index in [0.29, 0.717) is 19.7 Å². The Morgan fingerprint density at radius 3 is 2.77 bits per heavy atom.